The highest BCUT2D eigenvalue weighted by molar-refractivity contribution is 7.17. The van der Waals surface area contributed by atoms with Crippen molar-refractivity contribution in [3.63, 3.8) is 0 Å². The molecular formula is C25H28F5N5O3S. The van der Waals surface area contributed by atoms with Gasteiger partial charge in [-0.2, -0.15) is 13.2 Å². The standard InChI is InChI=1S/C25H28F5N5O3S/c1-11-3-2-6-35(11)24(38)18-19(39-23(34-18)22(37)32-13-7-14(36)8-13)16-10-31-17(9-15(16)21(26)27)33-20(12-4-5-12)25(28,29)30/h9-14,20-21,36H,2-8H2,1H3,(H,31,33)(H,32,37)/t11-,13?,14?,20+/m0/s1. The van der Waals surface area contributed by atoms with Gasteiger partial charge in [-0.1, -0.05) is 0 Å². The van der Waals surface area contributed by atoms with Crippen LogP contribution in [0.4, 0.5) is 27.8 Å². The van der Waals surface area contributed by atoms with E-state index in [1.807, 2.05) is 6.92 Å². The van der Waals surface area contributed by atoms with Crippen molar-refractivity contribution in [2.45, 2.75) is 82.3 Å². The van der Waals surface area contributed by atoms with E-state index < -0.39 is 48.0 Å². The molecule has 2 saturated carbocycles. The first kappa shape index (κ1) is 27.7. The first-order valence-corrected chi connectivity index (χ1v) is 13.7. The van der Waals surface area contributed by atoms with Gasteiger partial charge >= 0.3 is 6.18 Å². The van der Waals surface area contributed by atoms with Crippen LogP contribution in [0.25, 0.3) is 10.4 Å². The Kier molecular flexibility index (Phi) is 7.53. The number of rotatable bonds is 8. The fraction of sp³-hybridized carbons (Fsp3) is 0.600. The number of thiazole rings is 1. The monoisotopic (exact) mass is 573 g/mol. The molecule has 2 aromatic heterocycles. The Morgan fingerprint density at radius 2 is 1.92 bits per heavy atom. The summed E-state index contributed by atoms with van der Waals surface area (Å²) in [5, 5.41) is 14.4. The van der Waals surface area contributed by atoms with E-state index in [2.05, 4.69) is 20.6 Å². The van der Waals surface area contributed by atoms with Crippen molar-refractivity contribution < 1.29 is 36.6 Å². The number of carbonyl (C=O) groups excluding carboxylic acids is 2. The number of halogens is 5. The van der Waals surface area contributed by atoms with Gasteiger partial charge in [-0.25, -0.2) is 18.7 Å². The molecule has 2 aliphatic carbocycles. The number of aliphatic hydroxyl groups excluding tert-OH is 1. The molecule has 3 fully saturated rings. The maximum Gasteiger partial charge on any atom is 0.408 e. The summed E-state index contributed by atoms with van der Waals surface area (Å²) in [7, 11) is 0. The second kappa shape index (κ2) is 10.6. The number of hydrogen-bond donors (Lipinski definition) is 3. The number of aliphatic hydroxyl groups is 1. The van der Waals surface area contributed by atoms with Gasteiger partial charge in [-0.15, -0.1) is 11.3 Å². The smallest absolute Gasteiger partial charge is 0.393 e. The van der Waals surface area contributed by atoms with Crippen LogP contribution < -0.4 is 10.6 Å². The number of alkyl halides is 5. The van der Waals surface area contributed by atoms with Crippen molar-refractivity contribution in [1.82, 2.24) is 20.2 Å². The van der Waals surface area contributed by atoms with Crippen LogP contribution in [0, 0.1) is 5.92 Å². The molecule has 2 atom stereocenters. The molecule has 5 rings (SSSR count). The largest absolute Gasteiger partial charge is 0.408 e. The van der Waals surface area contributed by atoms with Crippen LogP contribution in [-0.2, 0) is 0 Å². The number of amides is 2. The molecule has 14 heteroatoms. The Morgan fingerprint density at radius 1 is 1.21 bits per heavy atom. The molecule has 8 nitrogen and oxygen atoms in total. The van der Waals surface area contributed by atoms with E-state index in [1.54, 1.807) is 4.90 Å². The number of nitrogens with one attached hydrogen (secondary N) is 2. The molecule has 2 aromatic rings. The minimum Gasteiger partial charge on any atom is -0.393 e. The van der Waals surface area contributed by atoms with Gasteiger partial charge in [0.15, 0.2) is 5.01 Å². The third-order valence-electron chi connectivity index (χ3n) is 7.45. The Hall–Kier alpha value is -2.87. The van der Waals surface area contributed by atoms with E-state index in [0.717, 1.165) is 36.4 Å². The first-order chi connectivity index (χ1) is 18.4. The summed E-state index contributed by atoms with van der Waals surface area (Å²) in [6, 6.07) is -1.42. The fourth-order valence-corrected chi connectivity index (χ4v) is 6.04. The lowest BCUT2D eigenvalue weighted by atomic mass is 9.89. The minimum absolute atomic E-state index is 0.00167. The van der Waals surface area contributed by atoms with Crippen molar-refractivity contribution in [2.75, 3.05) is 11.9 Å². The van der Waals surface area contributed by atoms with Crippen molar-refractivity contribution in [1.29, 1.82) is 0 Å². The zero-order chi connectivity index (χ0) is 28.1. The molecule has 0 bridgehead atoms. The van der Waals surface area contributed by atoms with E-state index in [-0.39, 0.29) is 39.0 Å². The second-order valence-electron chi connectivity index (χ2n) is 10.4. The fourth-order valence-electron chi connectivity index (χ4n) is 5.04. The first-order valence-electron chi connectivity index (χ1n) is 12.8. The highest BCUT2D eigenvalue weighted by Gasteiger charge is 2.49. The summed E-state index contributed by atoms with van der Waals surface area (Å²) < 4.78 is 69.0. The van der Waals surface area contributed by atoms with E-state index in [0.29, 0.717) is 32.2 Å². The predicted octanol–water partition coefficient (Wildman–Crippen LogP) is 4.77. The molecule has 1 saturated heterocycles. The Balaban J connectivity index is 1.51. The zero-order valence-electron chi connectivity index (χ0n) is 21.0. The Morgan fingerprint density at radius 3 is 2.49 bits per heavy atom. The lowest BCUT2D eigenvalue weighted by Gasteiger charge is -2.31. The lowest BCUT2D eigenvalue weighted by molar-refractivity contribution is -0.146. The average molecular weight is 574 g/mol. The van der Waals surface area contributed by atoms with Gasteiger partial charge in [0.25, 0.3) is 18.2 Å². The van der Waals surface area contributed by atoms with Gasteiger partial charge in [0.2, 0.25) is 0 Å². The maximum atomic E-state index is 14.3. The van der Waals surface area contributed by atoms with Crippen molar-refractivity contribution in [3.8, 4) is 10.4 Å². The molecule has 0 spiro atoms. The van der Waals surface area contributed by atoms with Crippen LogP contribution in [0.15, 0.2) is 12.3 Å². The summed E-state index contributed by atoms with van der Waals surface area (Å²) >= 11 is 0.750. The van der Waals surface area contributed by atoms with Gasteiger partial charge in [-0.05, 0) is 57.4 Å². The number of nitrogens with zero attached hydrogens (tertiary/aromatic N) is 3. The molecular weight excluding hydrogens is 545 g/mol. The summed E-state index contributed by atoms with van der Waals surface area (Å²) in [5.74, 6) is -2.12. The molecule has 3 N–H and O–H groups in total. The molecule has 0 radical (unpaired) electrons. The molecule has 1 aliphatic heterocycles. The third-order valence-corrected chi connectivity index (χ3v) is 8.54. The van der Waals surface area contributed by atoms with Crippen LogP contribution in [0.1, 0.15) is 77.7 Å². The van der Waals surface area contributed by atoms with Gasteiger partial charge in [-0.3, -0.25) is 9.59 Å². The van der Waals surface area contributed by atoms with Gasteiger partial charge < -0.3 is 20.6 Å². The van der Waals surface area contributed by atoms with E-state index in [9.17, 15) is 36.6 Å². The van der Waals surface area contributed by atoms with E-state index in [4.69, 9.17) is 0 Å². The molecule has 2 amide bonds. The highest BCUT2D eigenvalue weighted by Crippen LogP contribution is 2.43. The summed E-state index contributed by atoms with van der Waals surface area (Å²) in [6.45, 7) is 2.30. The SMILES string of the molecule is C[C@H]1CCCN1C(=O)c1nc(C(=O)NC2CC(O)C2)sc1-c1cnc(N[C@H](C2CC2)C(F)(F)F)cc1C(F)F. The number of aromatic nitrogens is 2. The highest BCUT2D eigenvalue weighted by atomic mass is 32.1. The quantitative estimate of drug-likeness (QED) is 0.393. The van der Waals surface area contributed by atoms with Crippen molar-refractivity contribution in [2.24, 2.45) is 5.92 Å². The van der Waals surface area contributed by atoms with Crippen molar-refractivity contribution in [3.05, 3.63) is 28.5 Å². The topological polar surface area (TPSA) is 107 Å². The zero-order valence-corrected chi connectivity index (χ0v) is 21.8. The molecule has 3 aliphatic rings. The van der Waals surface area contributed by atoms with Crippen LogP contribution in [0.2, 0.25) is 0 Å². The minimum atomic E-state index is -4.57. The van der Waals surface area contributed by atoms with E-state index >= 15 is 0 Å². The second-order valence-corrected chi connectivity index (χ2v) is 11.4. The number of carbonyl (C=O) groups is 2. The van der Waals surface area contributed by atoms with Gasteiger partial charge in [0, 0.05) is 36.0 Å². The average Bonchev–Trinajstić information content (AvgIpc) is 3.43. The van der Waals surface area contributed by atoms with Crippen LogP contribution in [0.3, 0.4) is 0 Å². The lowest BCUT2D eigenvalue weighted by Crippen LogP contribution is -2.46. The van der Waals surface area contributed by atoms with Crippen LogP contribution in [-0.4, -0.2) is 68.7 Å². The third kappa shape index (κ3) is 5.86. The van der Waals surface area contributed by atoms with Crippen molar-refractivity contribution >= 4 is 29.0 Å². The molecule has 0 aromatic carbocycles. The number of anilines is 1. The molecule has 39 heavy (non-hydrogen) atoms. The molecule has 3 heterocycles. The molecule has 0 unspecified atom stereocenters. The predicted molar refractivity (Wildman–Crippen MR) is 133 cm³/mol. The van der Waals surface area contributed by atoms with Gasteiger partial charge in [0.05, 0.1) is 11.0 Å². The Labute approximate surface area is 225 Å². The number of pyridine rings is 1. The summed E-state index contributed by atoms with van der Waals surface area (Å²) in [6.07, 6.45) is -4.17. The maximum absolute atomic E-state index is 14.3. The molecule has 212 valence electrons. The normalized spacial score (nSPS) is 24.0. The van der Waals surface area contributed by atoms with Crippen LogP contribution >= 0.6 is 11.3 Å². The summed E-state index contributed by atoms with van der Waals surface area (Å²) in [4.78, 5) is 36.1. The van der Waals surface area contributed by atoms with E-state index in [1.165, 1.54) is 0 Å². The summed E-state index contributed by atoms with van der Waals surface area (Å²) in [5.41, 5.74) is -0.968. The Bertz CT molecular complexity index is 1250. The van der Waals surface area contributed by atoms with Gasteiger partial charge in [0.1, 0.15) is 17.6 Å². The number of likely N-dealkylation sites (tertiary alicyclic amines) is 1. The van der Waals surface area contributed by atoms with Crippen LogP contribution in [0.5, 0.6) is 0 Å². The number of hydrogen-bond acceptors (Lipinski definition) is 7.